The standard InChI is InChI=1S/C28H34O5/c1-27-12-9-20-21(24(27)10-13-28(27,32)14-11-26(30)31)8-5-18-15-25(29)23(16-22(18)20)17-3-6-19(33-2)7-4-17/h3-4,6-7,15,21,23-24,32H,5,8-14,16H2,1-2H3,(H,30,31)/t21?,23?,24?,27-,28+/m0/s1. The molecule has 33 heavy (non-hydrogen) atoms. The molecule has 5 heteroatoms. The normalized spacial score (nSPS) is 35.4. The van der Waals surface area contributed by atoms with Crippen molar-refractivity contribution in [1.82, 2.24) is 0 Å². The Kier molecular flexibility index (Phi) is 5.51. The van der Waals surface area contributed by atoms with Crippen molar-refractivity contribution < 1.29 is 24.5 Å². The van der Waals surface area contributed by atoms with E-state index in [-0.39, 0.29) is 23.5 Å². The van der Waals surface area contributed by atoms with Gasteiger partial charge in [0.1, 0.15) is 5.75 Å². The number of carbonyl (C=O) groups is 2. The third-order valence-electron chi connectivity index (χ3n) is 9.44. The Morgan fingerprint density at radius 3 is 2.61 bits per heavy atom. The quantitative estimate of drug-likeness (QED) is 0.645. The van der Waals surface area contributed by atoms with Crippen LogP contribution >= 0.6 is 0 Å². The number of allylic oxidation sites excluding steroid dienone is 4. The summed E-state index contributed by atoms with van der Waals surface area (Å²) in [5, 5.41) is 20.7. The molecule has 2 saturated carbocycles. The molecule has 0 amide bonds. The average Bonchev–Trinajstić information content (AvgIpc) is 3.08. The number of carboxylic acid groups (broad SMARTS) is 1. The zero-order valence-corrected chi connectivity index (χ0v) is 19.6. The summed E-state index contributed by atoms with van der Waals surface area (Å²) in [6.45, 7) is 2.20. The van der Waals surface area contributed by atoms with Crippen LogP contribution in [0.25, 0.3) is 0 Å². The Bertz CT molecular complexity index is 1030. The van der Waals surface area contributed by atoms with Crippen LogP contribution in [0.5, 0.6) is 5.75 Å². The third-order valence-corrected chi connectivity index (χ3v) is 9.44. The highest BCUT2D eigenvalue weighted by Crippen LogP contribution is 2.64. The SMILES string of the molecule is COc1ccc(C2CC3=C4CC[C@@]5(C)C(CC[C@@]5(O)CCC(=O)O)C4CCC3=CC2=O)cc1. The Hall–Kier alpha value is -2.40. The van der Waals surface area contributed by atoms with Crippen LogP contribution < -0.4 is 4.74 Å². The fourth-order valence-corrected chi connectivity index (χ4v) is 7.49. The number of hydrogen-bond acceptors (Lipinski definition) is 4. The number of carboxylic acids is 1. The molecule has 0 heterocycles. The summed E-state index contributed by atoms with van der Waals surface area (Å²) in [4.78, 5) is 24.2. The van der Waals surface area contributed by atoms with Gasteiger partial charge in [0.05, 0.1) is 18.6 Å². The predicted octanol–water partition coefficient (Wildman–Crippen LogP) is 5.19. The molecule has 1 aromatic rings. The van der Waals surface area contributed by atoms with Crippen molar-refractivity contribution in [3.63, 3.8) is 0 Å². The molecule has 3 unspecified atom stereocenters. The van der Waals surface area contributed by atoms with Gasteiger partial charge in [0.15, 0.2) is 5.78 Å². The third kappa shape index (κ3) is 3.56. The van der Waals surface area contributed by atoms with Crippen molar-refractivity contribution in [3.8, 4) is 5.75 Å². The Labute approximate surface area is 195 Å². The molecule has 0 aromatic heterocycles. The highest BCUT2D eigenvalue weighted by Gasteiger charge is 2.60. The monoisotopic (exact) mass is 450 g/mol. The van der Waals surface area contributed by atoms with Crippen molar-refractivity contribution in [1.29, 1.82) is 0 Å². The second kappa shape index (κ2) is 8.12. The van der Waals surface area contributed by atoms with E-state index in [4.69, 9.17) is 4.74 Å². The summed E-state index contributed by atoms with van der Waals surface area (Å²) in [7, 11) is 1.65. The minimum Gasteiger partial charge on any atom is -0.497 e. The molecule has 4 aliphatic carbocycles. The van der Waals surface area contributed by atoms with Gasteiger partial charge in [-0.1, -0.05) is 24.6 Å². The fraction of sp³-hybridized carbons (Fsp3) is 0.571. The van der Waals surface area contributed by atoms with Crippen LogP contribution in [0, 0.1) is 17.3 Å². The van der Waals surface area contributed by atoms with Gasteiger partial charge in [-0.3, -0.25) is 9.59 Å². The first-order chi connectivity index (χ1) is 15.8. The maximum atomic E-state index is 13.0. The molecular weight excluding hydrogens is 416 g/mol. The Balaban J connectivity index is 1.44. The summed E-state index contributed by atoms with van der Waals surface area (Å²) < 4.78 is 5.28. The van der Waals surface area contributed by atoms with E-state index in [9.17, 15) is 19.8 Å². The lowest BCUT2D eigenvalue weighted by molar-refractivity contribution is -0.141. The first kappa shape index (κ1) is 22.4. The number of benzene rings is 1. The van der Waals surface area contributed by atoms with E-state index >= 15 is 0 Å². The van der Waals surface area contributed by atoms with E-state index in [1.807, 2.05) is 30.3 Å². The van der Waals surface area contributed by atoms with Crippen LogP contribution in [0.2, 0.25) is 0 Å². The molecule has 2 fully saturated rings. The highest BCUT2D eigenvalue weighted by atomic mass is 16.5. The summed E-state index contributed by atoms with van der Waals surface area (Å²) in [6.07, 6.45) is 8.43. The zero-order valence-electron chi connectivity index (χ0n) is 19.6. The van der Waals surface area contributed by atoms with Gasteiger partial charge in [0, 0.05) is 11.8 Å². The molecule has 0 radical (unpaired) electrons. The van der Waals surface area contributed by atoms with Gasteiger partial charge in [-0.05, 0) is 98.1 Å². The summed E-state index contributed by atoms with van der Waals surface area (Å²) >= 11 is 0. The molecule has 0 saturated heterocycles. The Morgan fingerprint density at radius 2 is 1.91 bits per heavy atom. The lowest BCUT2D eigenvalue weighted by Crippen LogP contribution is -2.50. The van der Waals surface area contributed by atoms with Gasteiger partial charge >= 0.3 is 5.97 Å². The van der Waals surface area contributed by atoms with E-state index in [0.717, 1.165) is 49.8 Å². The number of aliphatic hydroxyl groups is 1. The molecule has 5 atom stereocenters. The smallest absolute Gasteiger partial charge is 0.303 e. The predicted molar refractivity (Wildman–Crippen MR) is 125 cm³/mol. The second-order valence-corrected chi connectivity index (χ2v) is 10.7. The van der Waals surface area contributed by atoms with Gasteiger partial charge in [-0.25, -0.2) is 0 Å². The van der Waals surface area contributed by atoms with Crippen molar-refractivity contribution >= 4 is 11.8 Å². The average molecular weight is 451 g/mol. The number of carbonyl (C=O) groups excluding carboxylic acids is 1. The second-order valence-electron chi connectivity index (χ2n) is 10.7. The zero-order chi connectivity index (χ0) is 23.4. The van der Waals surface area contributed by atoms with Gasteiger partial charge < -0.3 is 14.9 Å². The van der Waals surface area contributed by atoms with E-state index < -0.39 is 11.6 Å². The summed E-state index contributed by atoms with van der Waals surface area (Å²) in [5.74, 6) is 0.817. The molecule has 4 aliphatic rings. The van der Waals surface area contributed by atoms with Gasteiger partial charge in [0.25, 0.3) is 0 Å². The van der Waals surface area contributed by atoms with E-state index in [2.05, 4.69) is 6.92 Å². The maximum Gasteiger partial charge on any atom is 0.303 e. The topological polar surface area (TPSA) is 83.8 Å². The largest absolute Gasteiger partial charge is 0.497 e. The molecule has 1 aromatic carbocycles. The van der Waals surface area contributed by atoms with Crippen LogP contribution in [0.3, 0.4) is 0 Å². The number of methoxy groups -OCH3 is 1. The summed E-state index contributed by atoms with van der Waals surface area (Å²) in [5.41, 5.74) is 4.02. The molecule has 0 spiro atoms. The lowest BCUT2D eigenvalue weighted by atomic mass is 9.54. The van der Waals surface area contributed by atoms with E-state index in [1.165, 1.54) is 16.7 Å². The van der Waals surface area contributed by atoms with Crippen molar-refractivity contribution in [2.24, 2.45) is 17.3 Å². The van der Waals surface area contributed by atoms with Gasteiger partial charge in [-0.2, -0.15) is 0 Å². The number of hydrogen-bond donors (Lipinski definition) is 2. The van der Waals surface area contributed by atoms with Crippen molar-refractivity contribution in [2.75, 3.05) is 7.11 Å². The van der Waals surface area contributed by atoms with Crippen molar-refractivity contribution in [2.45, 2.75) is 76.2 Å². The molecule has 0 bridgehead atoms. The molecule has 5 nitrogen and oxygen atoms in total. The number of ether oxygens (including phenoxy) is 1. The van der Waals surface area contributed by atoms with Crippen LogP contribution in [0.15, 0.2) is 47.1 Å². The first-order valence-electron chi connectivity index (χ1n) is 12.3. The van der Waals surface area contributed by atoms with Crippen LogP contribution in [-0.2, 0) is 9.59 Å². The van der Waals surface area contributed by atoms with Crippen LogP contribution in [-0.4, -0.2) is 34.7 Å². The van der Waals surface area contributed by atoms with E-state index in [0.29, 0.717) is 24.7 Å². The van der Waals surface area contributed by atoms with Gasteiger partial charge in [-0.15, -0.1) is 0 Å². The highest BCUT2D eigenvalue weighted by molar-refractivity contribution is 5.98. The number of aliphatic carboxylic acids is 1. The number of rotatable bonds is 5. The van der Waals surface area contributed by atoms with E-state index in [1.54, 1.807) is 7.11 Å². The molecule has 176 valence electrons. The van der Waals surface area contributed by atoms with Gasteiger partial charge in [0.2, 0.25) is 0 Å². The molecule has 5 rings (SSSR count). The number of fused-ring (bicyclic) bond motifs is 4. The first-order valence-corrected chi connectivity index (χ1v) is 12.3. The minimum atomic E-state index is -0.892. The summed E-state index contributed by atoms with van der Waals surface area (Å²) in [6, 6.07) is 7.85. The fourth-order valence-electron chi connectivity index (χ4n) is 7.49. The minimum absolute atomic E-state index is 0.0238. The van der Waals surface area contributed by atoms with Crippen molar-refractivity contribution in [3.05, 3.63) is 52.6 Å². The maximum absolute atomic E-state index is 13.0. The Morgan fingerprint density at radius 1 is 1.15 bits per heavy atom. The molecular formula is C28H34O5. The lowest BCUT2D eigenvalue weighted by Gasteiger charge is -2.52. The number of ketones is 1. The molecule has 0 aliphatic heterocycles. The van der Waals surface area contributed by atoms with Crippen LogP contribution in [0.1, 0.15) is 76.2 Å². The molecule has 2 N–H and O–H groups in total. The van der Waals surface area contributed by atoms with Crippen LogP contribution in [0.4, 0.5) is 0 Å².